The van der Waals surface area contributed by atoms with Crippen molar-refractivity contribution < 1.29 is 5.11 Å². The van der Waals surface area contributed by atoms with Crippen molar-refractivity contribution in [2.75, 3.05) is 6.54 Å². The molecule has 0 heterocycles. The summed E-state index contributed by atoms with van der Waals surface area (Å²) in [5.74, 6) is 0.503. The molecule has 0 spiro atoms. The maximum Gasteiger partial charge on any atom is 0.0631 e. The molecule has 1 rings (SSSR count). The van der Waals surface area contributed by atoms with Crippen LogP contribution in [0, 0.1) is 11.3 Å². The van der Waals surface area contributed by atoms with Crippen LogP contribution < -0.4 is 5.73 Å². The summed E-state index contributed by atoms with van der Waals surface area (Å²) in [6.07, 6.45) is 4.73. The van der Waals surface area contributed by atoms with Gasteiger partial charge in [0, 0.05) is 5.41 Å². The topological polar surface area (TPSA) is 46.2 Å². The lowest BCUT2D eigenvalue weighted by Gasteiger charge is -2.33. The second-order valence-corrected chi connectivity index (χ2v) is 4.68. The first kappa shape index (κ1) is 10.0. The molecule has 1 aliphatic rings. The van der Waals surface area contributed by atoms with Gasteiger partial charge >= 0.3 is 0 Å². The molecule has 0 saturated heterocycles. The molecule has 72 valence electrons. The quantitative estimate of drug-likeness (QED) is 0.676. The molecular weight excluding hydrogens is 150 g/mol. The highest BCUT2D eigenvalue weighted by atomic mass is 16.3. The second kappa shape index (κ2) is 3.75. The third kappa shape index (κ3) is 1.99. The molecule has 0 radical (unpaired) electrons. The summed E-state index contributed by atoms with van der Waals surface area (Å²) in [5.41, 5.74) is 5.51. The minimum atomic E-state index is -0.204. The van der Waals surface area contributed by atoms with E-state index in [0.717, 1.165) is 0 Å². The lowest BCUT2D eigenvalue weighted by Crippen LogP contribution is -2.40. The summed E-state index contributed by atoms with van der Waals surface area (Å²) < 4.78 is 0. The van der Waals surface area contributed by atoms with Crippen molar-refractivity contribution in [3.05, 3.63) is 0 Å². The van der Waals surface area contributed by atoms with E-state index in [9.17, 15) is 5.11 Å². The van der Waals surface area contributed by atoms with Crippen LogP contribution in [-0.2, 0) is 0 Å². The maximum absolute atomic E-state index is 10.00. The Labute approximate surface area is 75.2 Å². The van der Waals surface area contributed by atoms with E-state index < -0.39 is 0 Å². The zero-order valence-corrected chi connectivity index (χ0v) is 8.21. The van der Waals surface area contributed by atoms with Crippen molar-refractivity contribution in [3.8, 4) is 0 Å². The largest absolute Gasteiger partial charge is 0.392 e. The first-order chi connectivity index (χ1) is 5.58. The molecule has 12 heavy (non-hydrogen) atoms. The van der Waals surface area contributed by atoms with E-state index in [0.29, 0.717) is 12.5 Å². The van der Waals surface area contributed by atoms with Gasteiger partial charge in [-0.3, -0.25) is 0 Å². The van der Waals surface area contributed by atoms with Crippen molar-refractivity contribution in [1.82, 2.24) is 0 Å². The molecule has 0 aromatic rings. The van der Waals surface area contributed by atoms with Crippen molar-refractivity contribution in [2.45, 2.75) is 45.6 Å². The van der Waals surface area contributed by atoms with Gasteiger partial charge in [0.15, 0.2) is 0 Å². The highest BCUT2D eigenvalue weighted by molar-refractivity contribution is 4.86. The van der Waals surface area contributed by atoms with Gasteiger partial charge in [0.1, 0.15) is 0 Å². The standard InChI is InChI=1S/C10H21NO/c1-10(2,7-11)9(12)8-5-3-4-6-8/h8-9,12H,3-7,11H2,1-2H3. The van der Waals surface area contributed by atoms with Crippen LogP contribution in [0.25, 0.3) is 0 Å². The molecule has 0 amide bonds. The summed E-state index contributed by atoms with van der Waals surface area (Å²) in [6, 6.07) is 0. The van der Waals surface area contributed by atoms with Gasteiger partial charge in [-0.15, -0.1) is 0 Å². The van der Waals surface area contributed by atoms with E-state index in [1.807, 2.05) is 0 Å². The molecule has 0 bridgehead atoms. The van der Waals surface area contributed by atoms with Crippen LogP contribution in [0.15, 0.2) is 0 Å². The minimum Gasteiger partial charge on any atom is -0.392 e. The van der Waals surface area contributed by atoms with Crippen LogP contribution in [0.4, 0.5) is 0 Å². The average molecular weight is 171 g/mol. The fraction of sp³-hybridized carbons (Fsp3) is 1.00. The number of hydrogen-bond donors (Lipinski definition) is 2. The Morgan fingerprint density at radius 1 is 1.42 bits per heavy atom. The normalized spacial score (nSPS) is 23.0. The Morgan fingerprint density at radius 3 is 2.33 bits per heavy atom. The van der Waals surface area contributed by atoms with E-state index in [-0.39, 0.29) is 11.5 Å². The van der Waals surface area contributed by atoms with E-state index >= 15 is 0 Å². The SMILES string of the molecule is CC(C)(CN)C(O)C1CCCC1. The number of rotatable bonds is 3. The summed E-state index contributed by atoms with van der Waals surface area (Å²) in [4.78, 5) is 0. The predicted octanol–water partition coefficient (Wildman–Crippen LogP) is 1.52. The average Bonchev–Trinajstić information content (AvgIpc) is 2.55. The van der Waals surface area contributed by atoms with Crippen molar-refractivity contribution in [1.29, 1.82) is 0 Å². The van der Waals surface area contributed by atoms with E-state index in [1.54, 1.807) is 0 Å². The van der Waals surface area contributed by atoms with Gasteiger partial charge in [0.05, 0.1) is 6.10 Å². The van der Waals surface area contributed by atoms with E-state index in [1.165, 1.54) is 25.7 Å². The van der Waals surface area contributed by atoms with Gasteiger partial charge in [-0.2, -0.15) is 0 Å². The van der Waals surface area contributed by atoms with Crippen LogP contribution in [0.5, 0.6) is 0 Å². The number of hydrogen-bond acceptors (Lipinski definition) is 2. The van der Waals surface area contributed by atoms with Crippen molar-refractivity contribution in [2.24, 2.45) is 17.1 Å². The van der Waals surface area contributed by atoms with Crippen LogP contribution in [-0.4, -0.2) is 17.8 Å². The number of aliphatic hydroxyl groups is 1. The molecule has 0 aromatic heterocycles. The predicted molar refractivity (Wildman–Crippen MR) is 50.8 cm³/mol. The fourth-order valence-corrected chi connectivity index (χ4v) is 2.03. The highest BCUT2D eigenvalue weighted by Crippen LogP contribution is 2.35. The molecular formula is C10H21NO. The fourth-order valence-electron chi connectivity index (χ4n) is 2.03. The smallest absolute Gasteiger partial charge is 0.0631 e. The maximum atomic E-state index is 10.00. The molecule has 1 aliphatic carbocycles. The lowest BCUT2D eigenvalue weighted by atomic mass is 9.79. The molecule has 3 N–H and O–H groups in total. The molecule has 2 heteroatoms. The Morgan fingerprint density at radius 2 is 1.92 bits per heavy atom. The highest BCUT2D eigenvalue weighted by Gasteiger charge is 2.34. The molecule has 1 atom stereocenters. The van der Waals surface area contributed by atoms with Crippen LogP contribution in [0.1, 0.15) is 39.5 Å². The number of aliphatic hydroxyl groups excluding tert-OH is 1. The van der Waals surface area contributed by atoms with Gasteiger partial charge in [0.2, 0.25) is 0 Å². The van der Waals surface area contributed by atoms with Crippen LogP contribution >= 0.6 is 0 Å². The minimum absolute atomic E-state index is 0.102. The summed E-state index contributed by atoms with van der Waals surface area (Å²) in [7, 11) is 0. The van der Waals surface area contributed by atoms with E-state index in [4.69, 9.17) is 5.73 Å². The van der Waals surface area contributed by atoms with Gasteiger partial charge in [0.25, 0.3) is 0 Å². The first-order valence-electron chi connectivity index (χ1n) is 4.96. The van der Waals surface area contributed by atoms with Crippen LogP contribution in [0.2, 0.25) is 0 Å². The molecule has 1 saturated carbocycles. The van der Waals surface area contributed by atoms with E-state index in [2.05, 4.69) is 13.8 Å². The number of nitrogens with two attached hydrogens (primary N) is 1. The Balaban J connectivity index is 2.50. The summed E-state index contributed by atoms with van der Waals surface area (Å²) in [5, 5.41) is 10.00. The monoisotopic (exact) mass is 171 g/mol. The van der Waals surface area contributed by atoms with Crippen molar-refractivity contribution in [3.63, 3.8) is 0 Å². The summed E-state index contributed by atoms with van der Waals surface area (Å²) in [6.45, 7) is 4.68. The zero-order chi connectivity index (χ0) is 9.19. The second-order valence-electron chi connectivity index (χ2n) is 4.68. The zero-order valence-electron chi connectivity index (χ0n) is 8.21. The Hall–Kier alpha value is -0.0800. The van der Waals surface area contributed by atoms with Gasteiger partial charge in [-0.1, -0.05) is 26.7 Å². The third-order valence-corrected chi connectivity index (χ3v) is 3.17. The third-order valence-electron chi connectivity index (χ3n) is 3.17. The molecule has 0 aliphatic heterocycles. The summed E-state index contributed by atoms with van der Waals surface area (Å²) >= 11 is 0. The molecule has 1 unspecified atom stereocenters. The Bertz CT molecular complexity index is 139. The van der Waals surface area contributed by atoms with Gasteiger partial charge in [-0.25, -0.2) is 0 Å². The first-order valence-corrected chi connectivity index (χ1v) is 4.96. The van der Waals surface area contributed by atoms with Crippen molar-refractivity contribution >= 4 is 0 Å². The molecule has 1 fully saturated rings. The van der Waals surface area contributed by atoms with Gasteiger partial charge in [-0.05, 0) is 25.3 Å². The molecule has 2 nitrogen and oxygen atoms in total. The molecule has 0 aromatic carbocycles. The van der Waals surface area contributed by atoms with Crippen LogP contribution in [0.3, 0.4) is 0 Å². The Kier molecular flexibility index (Phi) is 3.13. The lowest BCUT2D eigenvalue weighted by molar-refractivity contribution is 0.00850. The van der Waals surface area contributed by atoms with Gasteiger partial charge < -0.3 is 10.8 Å².